The third-order valence-corrected chi connectivity index (χ3v) is 13.9. The summed E-state index contributed by atoms with van der Waals surface area (Å²) in [5, 5.41) is 27.8. The number of carboxylic acids is 1. The molecule has 0 bridgehead atoms. The molecule has 6 aromatic carbocycles. The summed E-state index contributed by atoms with van der Waals surface area (Å²) < 4.78 is 21.8. The van der Waals surface area contributed by atoms with Gasteiger partial charge in [-0.2, -0.15) is 0 Å². The number of aryl methyl sites for hydroxylation is 3. The standard InChI is InChI=1S/C23H24O3.C22H22O3.C13H14O3.C10H12O.Li.H2O/c1-3-7-19(16-23(24)25-2)17-12-14-20(15-13-17)26-22-11-6-9-18-8-4-5-10-21(18)22;1-2-6-18(15-22(23)24)16-11-13-19(14-12-16)25-21-10-5-8-17-7-3-4-9-20(17)21;1-3-4-11(9-13(15)16-2)10-5-7-12(14)8-6-10;11-10-7-3-5-8-4-1-2-6-9(8)10;;/h4-5,8,10,12-15,19,22H,6,9,11,16H2,1-2H3;3-4,7,9,11-14,18,21H,5,8,10,15H2,1H3,(H,23,24);5-8,11,14H,9H2,1-2H3;1-2,4,6,10-11H,3,5,7H2;;1H2/q;;;;+1;/p-1/t19-,22?;18-,21?;11-;;;/m000.../s1. The third kappa shape index (κ3) is 19.9. The number of benzene rings is 6. The molecule has 412 valence electrons. The van der Waals surface area contributed by atoms with E-state index in [-0.39, 0.29) is 97.4 Å². The number of phenolic OH excluding ortho intramolecular Hbond substituents is 1. The van der Waals surface area contributed by atoms with Crippen molar-refractivity contribution in [2.45, 2.75) is 134 Å². The minimum absolute atomic E-state index is 0. The largest absolute Gasteiger partial charge is 1.00 e. The predicted molar refractivity (Wildman–Crippen MR) is 307 cm³/mol. The van der Waals surface area contributed by atoms with Gasteiger partial charge in [-0.25, -0.2) is 0 Å². The van der Waals surface area contributed by atoms with Gasteiger partial charge in [0.25, 0.3) is 0 Å². The van der Waals surface area contributed by atoms with Gasteiger partial charge in [-0.1, -0.05) is 127 Å². The minimum Gasteiger partial charge on any atom is -0.870 e. The van der Waals surface area contributed by atoms with Crippen molar-refractivity contribution in [1.82, 2.24) is 0 Å². The second-order valence-electron chi connectivity index (χ2n) is 19.2. The maximum absolute atomic E-state index is 11.6. The molecule has 11 nitrogen and oxygen atoms in total. The molecule has 0 radical (unpaired) electrons. The molecular formula is C68H73LiO11. The molecule has 3 aliphatic carbocycles. The van der Waals surface area contributed by atoms with Crippen LogP contribution in [0.2, 0.25) is 0 Å². The number of carboxylic acid groups (broad SMARTS) is 1. The summed E-state index contributed by atoms with van der Waals surface area (Å²) in [7, 11) is 2.76. The molecule has 9 rings (SSSR count). The molecule has 3 unspecified atom stereocenters. The van der Waals surface area contributed by atoms with Crippen LogP contribution in [0.1, 0.15) is 165 Å². The number of phenols is 1. The predicted octanol–water partition coefficient (Wildman–Crippen LogP) is 10.5. The van der Waals surface area contributed by atoms with E-state index >= 15 is 0 Å². The Morgan fingerprint density at radius 2 is 0.838 bits per heavy atom. The average molecular weight is 1070 g/mol. The Morgan fingerprint density at radius 1 is 0.500 bits per heavy atom. The first-order valence-corrected chi connectivity index (χ1v) is 26.8. The molecule has 0 aromatic heterocycles. The number of aliphatic hydroxyl groups is 1. The number of carbonyl (C=O) groups excluding carboxylic acids is 2. The normalized spacial score (nSPS) is 16.1. The molecule has 6 atom stereocenters. The van der Waals surface area contributed by atoms with Gasteiger partial charge in [-0.15, -0.1) is 17.8 Å². The van der Waals surface area contributed by atoms with Crippen molar-refractivity contribution in [2.24, 2.45) is 0 Å². The molecule has 0 heterocycles. The van der Waals surface area contributed by atoms with Crippen LogP contribution >= 0.6 is 0 Å². The van der Waals surface area contributed by atoms with E-state index in [0.29, 0.717) is 0 Å². The maximum atomic E-state index is 11.6. The van der Waals surface area contributed by atoms with Crippen LogP contribution < -0.4 is 28.3 Å². The topological polar surface area (TPSA) is 179 Å². The van der Waals surface area contributed by atoms with Crippen molar-refractivity contribution in [3.63, 3.8) is 0 Å². The summed E-state index contributed by atoms with van der Waals surface area (Å²) in [5.74, 6) is 17.4. The Labute approximate surface area is 484 Å². The van der Waals surface area contributed by atoms with E-state index < -0.39 is 5.97 Å². The maximum Gasteiger partial charge on any atom is 1.00 e. The molecular weight excluding hydrogens is 1000 g/mol. The first-order valence-electron chi connectivity index (χ1n) is 26.8. The van der Waals surface area contributed by atoms with Gasteiger partial charge in [-0.05, 0) is 165 Å². The van der Waals surface area contributed by atoms with E-state index in [2.05, 4.69) is 94.9 Å². The summed E-state index contributed by atoms with van der Waals surface area (Å²) in [4.78, 5) is 33.8. The van der Waals surface area contributed by atoms with E-state index in [0.717, 1.165) is 91.5 Å². The number of aliphatic carboxylic acids is 1. The van der Waals surface area contributed by atoms with Gasteiger partial charge in [0.05, 0.1) is 57.3 Å². The number of aromatic hydroxyl groups is 1. The number of hydrogen-bond donors (Lipinski definition) is 3. The third-order valence-electron chi connectivity index (χ3n) is 13.9. The van der Waals surface area contributed by atoms with Crippen molar-refractivity contribution in [3.8, 4) is 52.8 Å². The molecule has 12 heteroatoms. The first kappa shape index (κ1) is 64.8. The Kier molecular flexibility index (Phi) is 27.9. The van der Waals surface area contributed by atoms with Gasteiger partial charge in [0.15, 0.2) is 0 Å². The van der Waals surface area contributed by atoms with Crippen LogP contribution in [-0.2, 0) is 43.1 Å². The van der Waals surface area contributed by atoms with Crippen molar-refractivity contribution in [3.05, 3.63) is 196 Å². The summed E-state index contributed by atoms with van der Waals surface area (Å²) in [6, 6.07) is 47.4. The number of methoxy groups -OCH3 is 2. The fourth-order valence-corrected chi connectivity index (χ4v) is 9.94. The molecule has 6 aromatic rings. The molecule has 0 fully saturated rings. The number of carbonyl (C=O) groups is 3. The molecule has 4 N–H and O–H groups in total. The van der Waals surface area contributed by atoms with Crippen LogP contribution in [-0.4, -0.2) is 52.9 Å². The zero-order valence-corrected chi connectivity index (χ0v) is 47.0. The Bertz CT molecular complexity index is 3080. The van der Waals surface area contributed by atoms with Gasteiger partial charge in [0.2, 0.25) is 0 Å². The van der Waals surface area contributed by atoms with E-state index in [1.54, 1.807) is 45.0 Å². The minimum atomic E-state index is -0.841. The van der Waals surface area contributed by atoms with Gasteiger partial charge >= 0.3 is 36.8 Å². The van der Waals surface area contributed by atoms with Crippen LogP contribution in [0.4, 0.5) is 0 Å². The first-order chi connectivity index (χ1) is 37.9. The Hall–Kier alpha value is -7.67. The molecule has 0 spiro atoms. The number of aliphatic hydroxyl groups excluding tert-OH is 1. The summed E-state index contributed by atoms with van der Waals surface area (Å²) in [6.45, 7) is 5.24. The molecule has 0 aliphatic heterocycles. The van der Waals surface area contributed by atoms with Crippen molar-refractivity contribution >= 4 is 17.9 Å². The quantitative estimate of drug-likeness (QED) is 0.0569. The molecule has 0 saturated heterocycles. The number of ether oxygens (including phenoxy) is 4. The Morgan fingerprint density at radius 3 is 1.20 bits per heavy atom. The van der Waals surface area contributed by atoms with Gasteiger partial charge in [-0.3, -0.25) is 14.4 Å². The van der Waals surface area contributed by atoms with Crippen LogP contribution in [0, 0.1) is 35.5 Å². The molecule has 0 amide bonds. The van der Waals surface area contributed by atoms with Crippen LogP contribution in [0.15, 0.2) is 146 Å². The number of esters is 2. The zero-order valence-electron chi connectivity index (χ0n) is 47.0. The number of rotatable bonds is 13. The van der Waals surface area contributed by atoms with E-state index in [9.17, 15) is 19.5 Å². The SMILES string of the molecule is CC#C[C@@H](CC(=O)O)c1ccc(OC2CCCc3ccccc32)cc1.CC#C[C@@H](CC(=O)OC)c1ccc(O)cc1.CC#C[C@@H](CC(=O)OC)c1ccc(OC2CCCc3ccccc32)cc1.OC1CCCc2ccccc21.[Li+].[OH-]. The summed E-state index contributed by atoms with van der Waals surface area (Å²) in [6.07, 6.45) is 10.2. The number of fused-ring (bicyclic) bond motifs is 3. The van der Waals surface area contributed by atoms with E-state index in [4.69, 9.17) is 24.4 Å². The zero-order chi connectivity index (χ0) is 55.7. The van der Waals surface area contributed by atoms with Crippen molar-refractivity contribution < 1.29 is 73.0 Å². The van der Waals surface area contributed by atoms with Crippen LogP contribution in [0.25, 0.3) is 0 Å². The second kappa shape index (κ2) is 34.4. The fraction of sp³-hybridized carbons (Fsp3) is 0.338. The molecule has 3 aliphatic rings. The van der Waals surface area contributed by atoms with Gasteiger partial charge < -0.3 is 39.7 Å². The smallest absolute Gasteiger partial charge is 0.870 e. The monoisotopic (exact) mass is 1070 g/mol. The van der Waals surface area contributed by atoms with Gasteiger partial charge in [0.1, 0.15) is 29.5 Å². The average Bonchev–Trinajstić information content (AvgIpc) is 3.49. The summed E-state index contributed by atoms with van der Waals surface area (Å²) >= 11 is 0. The van der Waals surface area contributed by atoms with E-state index in [1.807, 2.05) is 66.7 Å². The number of hydrogen-bond acceptors (Lipinski definition) is 10. The van der Waals surface area contributed by atoms with Crippen molar-refractivity contribution in [1.29, 1.82) is 0 Å². The van der Waals surface area contributed by atoms with Crippen molar-refractivity contribution in [2.75, 3.05) is 14.2 Å². The Balaban J connectivity index is 0.000000238. The fourth-order valence-electron chi connectivity index (χ4n) is 9.94. The van der Waals surface area contributed by atoms with Crippen LogP contribution in [0.5, 0.6) is 17.2 Å². The second-order valence-corrected chi connectivity index (χ2v) is 19.2. The van der Waals surface area contributed by atoms with Crippen LogP contribution in [0.3, 0.4) is 0 Å². The molecule has 80 heavy (non-hydrogen) atoms. The molecule has 0 saturated carbocycles. The van der Waals surface area contributed by atoms with Gasteiger partial charge in [0, 0.05) is 0 Å². The van der Waals surface area contributed by atoms with E-state index in [1.165, 1.54) is 42.0 Å². The summed E-state index contributed by atoms with van der Waals surface area (Å²) in [5.41, 5.74) is 10.6.